The van der Waals surface area contributed by atoms with E-state index in [1.54, 1.807) is 4.68 Å². The molecule has 0 saturated heterocycles. The molecular formula is C17H30ClN3. The lowest BCUT2D eigenvalue weighted by Gasteiger charge is -2.43. The second-order valence-corrected chi connectivity index (χ2v) is 7.55. The standard InChI is InChI=1S/C17H30ClN3/c1-6-19-15(14-9-7-8-10-17(14,3)4)11-13-12(2)20-21(5)16(13)18/h14-15,19H,6-11H2,1-5H3. The predicted molar refractivity (Wildman–Crippen MR) is 89.9 cm³/mol. The molecule has 2 rings (SSSR count). The average Bonchev–Trinajstić information content (AvgIpc) is 2.64. The van der Waals surface area contributed by atoms with Crippen LogP contribution < -0.4 is 5.32 Å². The van der Waals surface area contributed by atoms with E-state index in [0.717, 1.165) is 23.8 Å². The van der Waals surface area contributed by atoms with Crippen LogP contribution in [0.4, 0.5) is 0 Å². The summed E-state index contributed by atoms with van der Waals surface area (Å²) in [6.45, 7) is 10.1. The van der Waals surface area contributed by atoms with Crippen LogP contribution in [0.5, 0.6) is 0 Å². The molecule has 1 N–H and O–H groups in total. The van der Waals surface area contributed by atoms with E-state index in [2.05, 4.69) is 38.1 Å². The van der Waals surface area contributed by atoms with Gasteiger partial charge in [-0.3, -0.25) is 4.68 Å². The lowest BCUT2D eigenvalue weighted by atomic mass is 9.65. The summed E-state index contributed by atoms with van der Waals surface area (Å²) in [4.78, 5) is 0. The maximum atomic E-state index is 6.44. The summed E-state index contributed by atoms with van der Waals surface area (Å²) in [5, 5.41) is 8.98. The lowest BCUT2D eigenvalue weighted by molar-refractivity contribution is 0.0987. The molecular weight excluding hydrogens is 282 g/mol. The van der Waals surface area contributed by atoms with E-state index in [9.17, 15) is 0 Å². The molecule has 0 bridgehead atoms. The summed E-state index contributed by atoms with van der Waals surface area (Å²) in [6, 6.07) is 0.491. The molecule has 21 heavy (non-hydrogen) atoms. The van der Waals surface area contributed by atoms with Gasteiger partial charge in [0.1, 0.15) is 5.15 Å². The molecule has 1 aliphatic carbocycles. The van der Waals surface area contributed by atoms with Crippen molar-refractivity contribution in [2.75, 3.05) is 6.54 Å². The number of nitrogens with one attached hydrogen (secondary N) is 1. The normalized spacial score (nSPS) is 23.2. The highest BCUT2D eigenvalue weighted by atomic mass is 35.5. The molecule has 0 spiro atoms. The number of nitrogens with zero attached hydrogens (tertiary/aromatic N) is 2. The van der Waals surface area contributed by atoms with E-state index >= 15 is 0 Å². The first-order valence-corrected chi connectivity index (χ1v) is 8.66. The van der Waals surface area contributed by atoms with E-state index in [1.165, 1.54) is 31.2 Å². The Morgan fingerprint density at radius 2 is 2.14 bits per heavy atom. The second kappa shape index (κ2) is 6.70. The van der Waals surface area contributed by atoms with Gasteiger partial charge >= 0.3 is 0 Å². The molecule has 2 atom stereocenters. The number of hydrogen-bond acceptors (Lipinski definition) is 2. The second-order valence-electron chi connectivity index (χ2n) is 7.19. The Labute approximate surface area is 134 Å². The monoisotopic (exact) mass is 311 g/mol. The minimum atomic E-state index is 0.410. The molecule has 1 fully saturated rings. The lowest BCUT2D eigenvalue weighted by Crippen LogP contribution is -2.46. The number of rotatable bonds is 5. The Balaban J connectivity index is 2.22. The van der Waals surface area contributed by atoms with E-state index < -0.39 is 0 Å². The maximum Gasteiger partial charge on any atom is 0.130 e. The molecule has 0 amide bonds. The van der Waals surface area contributed by atoms with E-state index in [-0.39, 0.29) is 0 Å². The van der Waals surface area contributed by atoms with Crippen LogP contribution in [0.1, 0.15) is 57.7 Å². The summed E-state index contributed by atoms with van der Waals surface area (Å²) >= 11 is 6.44. The van der Waals surface area contributed by atoms with Gasteiger partial charge in [-0.2, -0.15) is 5.10 Å². The molecule has 0 radical (unpaired) electrons. The zero-order chi connectivity index (χ0) is 15.6. The van der Waals surface area contributed by atoms with E-state index in [0.29, 0.717) is 17.4 Å². The summed E-state index contributed by atoms with van der Waals surface area (Å²) in [7, 11) is 1.92. The van der Waals surface area contributed by atoms with Crippen molar-refractivity contribution in [3.8, 4) is 0 Å². The van der Waals surface area contributed by atoms with Gasteiger partial charge in [0, 0.05) is 18.7 Å². The van der Waals surface area contributed by atoms with Gasteiger partial charge in [-0.25, -0.2) is 0 Å². The Hall–Kier alpha value is -0.540. The Morgan fingerprint density at radius 1 is 1.43 bits per heavy atom. The summed E-state index contributed by atoms with van der Waals surface area (Å²) in [5.74, 6) is 0.710. The van der Waals surface area contributed by atoms with Crippen LogP contribution in [-0.2, 0) is 13.5 Å². The van der Waals surface area contributed by atoms with Crippen LogP contribution in [-0.4, -0.2) is 22.4 Å². The molecule has 2 unspecified atom stereocenters. The molecule has 1 aromatic heterocycles. The molecule has 0 aliphatic heterocycles. The average molecular weight is 312 g/mol. The van der Waals surface area contributed by atoms with Gasteiger partial charge in [-0.15, -0.1) is 0 Å². The molecule has 4 heteroatoms. The molecule has 3 nitrogen and oxygen atoms in total. The first-order valence-electron chi connectivity index (χ1n) is 8.28. The number of halogens is 1. The zero-order valence-electron chi connectivity index (χ0n) is 14.2. The molecule has 1 heterocycles. The summed E-state index contributed by atoms with van der Waals surface area (Å²) in [5.41, 5.74) is 2.69. The molecule has 1 saturated carbocycles. The van der Waals surface area contributed by atoms with Gasteiger partial charge in [0.25, 0.3) is 0 Å². The van der Waals surface area contributed by atoms with Gasteiger partial charge in [0.2, 0.25) is 0 Å². The number of aryl methyl sites for hydroxylation is 2. The highest BCUT2D eigenvalue weighted by Gasteiger charge is 2.37. The fraction of sp³-hybridized carbons (Fsp3) is 0.824. The minimum Gasteiger partial charge on any atom is -0.314 e. The fourth-order valence-corrected chi connectivity index (χ4v) is 4.26. The highest BCUT2D eigenvalue weighted by molar-refractivity contribution is 6.30. The van der Waals surface area contributed by atoms with Gasteiger partial charge < -0.3 is 5.32 Å². The fourth-order valence-electron chi connectivity index (χ4n) is 4.01. The van der Waals surface area contributed by atoms with Gasteiger partial charge in [-0.1, -0.05) is 45.2 Å². The van der Waals surface area contributed by atoms with Crippen LogP contribution in [0.3, 0.4) is 0 Å². The van der Waals surface area contributed by atoms with Crippen molar-refractivity contribution in [1.82, 2.24) is 15.1 Å². The van der Waals surface area contributed by atoms with E-state index in [1.807, 2.05) is 7.05 Å². The van der Waals surface area contributed by atoms with Crippen molar-refractivity contribution < 1.29 is 0 Å². The van der Waals surface area contributed by atoms with Crippen LogP contribution in [0.25, 0.3) is 0 Å². The third-order valence-electron chi connectivity index (χ3n) is 5.24. The predicted octanol–water partition coefficient (Wildman–Crippen LogP) is 4.12. The largest absolute Gasteiger partial charge is 0.314 e. The third-order valence-corrected chi connectivity index (χ3v) is 5.71. The highest BCUT2D eigenvalue weighted by Crippen LogP contribution is 2.43. The SMILES string of the molecule is CCNC(Cc1c(C)nn(C)c1Cl)C1CCCCC1(C)C. The zero-order valence-corrected chi connectivity index (χ0v) is 14.9. The summed E-state index contributed by atoms with van der Waals surface area (Å²) < 4.78 is 1.79. The van der Waals surface area contributed by atoms with E-state index in [4.69, 9.17) is 11.6 Å². The quantitative estimate of drug-likeness (QED) is 0.886. The van der Waals surface area contributed by atoms with Crippen molar-refractivity contribution in [1.29, 1.82) is 0 Å². The maximum absolute atomic E-state index is 6.44. The number of hydrogen-bond donors (Lipinski definition) is 1. The van der Waals surface area contributed by atoms with Gasteiger partial charge in [0.15, 0.2) is 0 Å². The Morgan fingerprint density at radius 3 is 2.67 bits per heavy atom. The molecule has 120 valence electrons. The Kier molecular flexibility index (Phi) is 5.37. The smallest absolute Gasteiger partial charge is 0.130 e. The number of likely N-dealkylation sites (N-methyl/N-ethyl adjacent to an activating group) is 1. The molecule has 1 aromatic rings. The number of aromatic nitrogens is 2. The van der Waals surface area contributed by atoms with Crippen molar-refractivity contribution >= 4 is 11.6 Å². The van der Waals surface area contributed by atoms with Gasteiger partial charge in [0.05, 0.1) is 5.69 Å². The van der Waals surface area contributed by atoms with Crippen LogP contribution >= 0.6 is 11.6 Å². The van der Waals surface area contributed by atoms with Crippen molar-refractivity contribution in [3.63, 3.8) is 0 Å². The third kappa shape index (κ3) is 3.62. The first kappa shape index (κ1) is 16.8. The van der Waals surface area contributed by atoms with Crippen LogP contribution in [0.2, 0.25) is 5.15 Å². The van der Waals surface area contributed by atoms with Crippen molar-refractivity contribution in [3.05, 3.63) is 16.4 Å². The van der Waals surface area contributed by atoms with Crippen LogP contribution in [0.15, 0.2) is 0 Å². The van der Waals surface area contributed by atoms with Crippen LogP contribution in [0, 0.1) is 18.3 Å². The summed E-state index contributed by atoms with van der Waals surface area (Å²) in [6.07, 6.45) is 6.37. The van der Waals surface area contributed by atoms with Gasteiger partial charge in [-0.05, 0) is 44.1 Å². The minimum absolute atomic E-state index is 0.410. The Bertz CT molecular complexity index is 479. The van der Waals surface area contributed by atoms with Crippen molar-refractivity contribution in [2.45, 2.75) is 65.8 Å². The molecule has 1 aliphatic rings. The van der Waals surface area contributed by atoms with Crippen molar-refractivity contribution in [2.24, 2.45) is 18.4 Å². The molecule has 0 aromatic carbocycles. The first-order chi connectivity index (χ1) is 9.86. The topological polar surface area (TPSA) is 29.9 Å².